The molecule has 108 valence electrons. The summed E-state index contributed by atoms with van der Waals surface area (Å²) in [5.74, 6) is 0.871. The lowest BCUT2D eigenvalue weighted by Gasteiger charge is -2.32. The molecule has 0 radical (unpaired) electrons. The quantitative estimate of drug-likeness (QED) is 0.436. The van der Waals surface area contributed by atoms with Gasteiger partial charge in [0.25, 0.3) is 0 Å². The second kappa shape index (κ2) is 7.77. The number of nitrogens with one attached hydrogen (secondary N) is 2. The highest BCUT2D eigenvalue weighted by Gasteiger charge is 2.29. The van der Waals surface area contributed by atoms with Crippen LogP contribution in [0.5, 0.6) is 0 Å². The fourth-order valence-corrected chi connectivity index (χ4v) is 2.45. The van der Waals surface area contributed by atoms with Crippen molar-refractivity contribution in [3.63, 3.8) is 0 Å². The molecule has 0 saturated carbocycles. The topological polar surface area (TPSA) is 35.9 Å². The summed E-state index contributed by atoms with van der Waals surface area (Å²) < 4.78 is 0. The third-order valence-corrected chi connectivity index (χ3v) is 3.91. The summed E-state index contributed by atoms with van der Waals surface area (Å²) in [5, 5.41) is 11.6. The van der Waals surface area contributed by atoms with E-state index in [0.29, 0.717) is 18.1 Å². The van der Waals surface area contributed by atoms with Gasteiger partial charge in [0.05, 0.1) is 0 Å². The Morgan fingerprint density at radius 3 is 2.55 bits per heavy atom. The highest BCUT2D eigenvalue weighted by Crippen LogP contribution is 2.32. The first-order chi connectivity index (χ1) is 9.16. The summed E-state index contributed by atoms with van der Waals surface area (Å²) in [6, 6.07) is 7.93. The van der Waals surface area contributed by atoms with E-state index in [0.717, 1.165) is 11.4 Å². The van der Waals surface area contributed by atoms with Crippen LogP contribution in [0.1, 0.15) is 12.0 Å². The zero-order valence-corrected chi connectivity index (χ0v) is 13.4. The summed E-state index contributed by atoms with van der Waals surface area (Å²) >= 11 is 10.1. The van der Waals surface area contributed by atoms with Gasteiger partial charge in [-0.1, -0.05) is 48.0 Å². The van der Waals surface area contributed by atoms with Crippen molar-refractivity contribution in [1.29, 1.82) is 5.41 Å². The molecule has 0 bridgehead atoms. The van der Waals surface area contributed by atoms with Gasteiger partial charge in [-0.05, 0) is 24.1 Å². The summed E-state index contributed by atoms with van der Waals surface area (Å²) in [7, 11) is 0. The fourth-order valence-electron chi connectivity index (χ4n) is 2.21. The Labute approximate surface area is 136 Å². The molecule has 0 saturated heterocycles. The molecule has 1 aromatic carbocycles. The van der Waals surface area contributed by atoms with Crippen molar-refractivity contribution in [3.05, 3.63) is 59.2 Å². The second-order valence-corrected chi connectivity index (χ2v) is 5.40. The molecule has 0 aliphatic heterocycles. The molecule has 1 atom stereocenters. The molecule has 1 unspecified atom stereocenters. The van der Waals surface area contributed by atoms with E-state index < -0.39 is 0 Å². The van der Waals surface area contributed by atoms with Gasteiger partial charge in [0.2, 0.25) is 0 Å². The Morgan fingerprint density at radius 1 is 1.30 bits per heavy atom. The van der Waals surface area contributed by atoms with E-state index in [1.54, 1.807) is 0 Å². The molecule has 2 rings (SSSR count). The maximum Gasteiger partial charge on any atom is 0.103 e. The highest BCUT2D eigenvalue weighted by atomic mass is 35.5. The normalized spacial score (nSPS) is 20.3. The van der Waals surface area contributed by atoms with Gasteiger partial charge in [-0.25, -0.2) is 0 Å². The number of hydrogen-bond acceptors (Lipinski definition) is 2. The number of benzene rings is 1. The lowest BCUT2D eigenvalue weighted by Crippen LogP contribution is -2.40. The zero-order chi connectivity index (χ0) is 13.7. The Hall–Kier alpha value is -0.900. The Kier molecular flexibility index (Phi) is 6.66. The maximum absolute atomic E-state index is 7.69. The van der Waals surface area contributed by atoms with Crippen LogP contribution in [0, 0.1) is 5.41 Å². The SMILES string of the molecule is Cl.N=C(CS)NCC1(c2ccc(Cl)cc2)C=CC=CC1. The predicted octanol–water partition coefficient (Wildman–Crippen LogP) is 4.01. The van der Waals surface area contributed by atoms with Crippen molar-refractivity contribution < 1.29 is 0 Å². The van der Waals surface area contributed by atoms with E-state index in [1.165, 1.54) is 5.56 Å². The lowest BCUT2D eigenvalue weighted by molar-refractivity contribution is 0.523. The smallest absolute Gasteiger partial charge is 0.103 e. The summed E-state index contributed by atoms with van der Waals surface area (Å²) in [6.45, 7) is 0.689. The van der Waals surface area contributed by atoms with Crippen LogP contribution in [-0.2, 0) is 5.41 Å². The van der Waals surface area contributed by atoms with Crippen molar-refractivity contribution in [1.82, 2.24) is 5.32 Å². The number of halogens is 2. The number of rotatable bonds is 4. The van der Waals surface area contributed by atoms with Gasteiger partial charge in [-0.15, -0.1) is 12.4 Å². The number of amidine groups is 1. The van der Waals surface area contributed by atoms with Gasteiger partial charge >= 0.3 is 0 Å². The third kappa shape index (κ3) is 4.05. The van der Waals surface area contributed by atoms with Gasteiger partial charge in [0, 0.05) is 22.7 Å². The predicted molar refractivity (Wildman–Crippen MR) is 92.9 cm³/mol. The van der Waals surface area contributed by atoms with Crippen LogP contribution in [0.4, 0.5) is 0 Å². The highest BCUT2D eigenvalue weighted by molar-refractivity contribution is 7.81. The maximum atomic E-state index is 7.69. The first-order valence-electron chi connectivity index (χ1n) is 6.19. The minimum atomic E-state index is -0.116. The van der Waals surface area contributed by atoms with Crippen LogP contribution < -0.4 is 5.32 Å². The summed E-state index contributed by atoms with van der Waals surface area (Å²) in [4.78, 5) is 0. The molecule has 20 heavy (non-hydrogen) atoms. The van der Waals surface area contributed by atoms with Crippen LogP contribution in [0.2, 0.25) is 5.02 Å². The molecular weight excluding hydrogens is 311 g/mol. The molecular formula is C15H18Cl2N2S. The van der Waals surface area contributed by atoms with Gasteiger partial charge in [-0.3, -0.25) is 5.41 Å². The van der Waals surface area contributed by atoms with Crippen LogP contribution in [0.15, 0.2) is 48.6 Å². The van der Waals surface area contributed by atoms with Crippen molar-refractivity contribution in [2.45, 2.75) is 11.8 Å². The van der Waals surface area contributed by atoms with Crippen molar-refractivity contribution in [2.75, 3.05) is 12.3 Å². The van der Waals surface area contributed by atoms with Gasteiger partial charge in [0.15, 0.2) is 0 Å². The molecule has 1 aromatic rings. The molecule has 0 fully saturated rings. The molecule has 2 N–H and O–H groups in total. The third-order valence-electron chi connectivity index (χ3n) is 3.34. The van der Waals surface area contributed by atoms with E-state index in [1.807, 2.05) is 12.1 Å². The van der Waals surface area contributed by atoms with Gasteiger partial charge in [-0.2, -0.15) is 12.6 Å². The van der Waals surface area contributed by atoms with Crippen molar-refractivity contribution in [3.8, 4) is 0 Å². The molecule has 0 heterocycles. The standard InChI is InChI=1S/C15H17ClN2S.ClH/c16-13-6-4-12(5-7-13)15(8-2-1-3-9-15)11-18-14(17)10-19;/h1-8,19H,9-11H2,(H2,17,18);1H. The van der Waals surface area contributed by atoms with Crippen molar-refractivity contribution in [2.24, 2.45) is 0 Å². The average Bonchev–Trinajstić information content (AvgIpc) is 2.46. The summed E-state index contributed by atoms with van der Waals surface area (Å²) in [6.07, 6.45) is 9.37. The minimum absolute atomic E-state index is 0. The fraction of sp³-hybridized carbons (Fsp3) is 0.267. The summed E-state index contributed by atoms with van der Waals surface area (Å²) in [5.41, 5.74) is 1.09. The monoisotopic (exact) mass is 328 g/mol. The zero-order valence-electron chi connectivity index (χ0n) is 11.0. The van der Waals surface area contributed by atoms with Gasteiger partial charge < -0.3 is 5.32 Å². The van der Waals surface area contributed by atoms with Crippen LogP contribution >= 0.6 is 36.6 Å². The molecule has 0 amide bonds. The Bertz CT molecular complexity index is 511. The first-order valence-corrected chi connectivity index (χ1v) is 7.20. The molecule has 2 nitrogen and oxygen atoms in total. The van der Waals surface area contributed by atoms with E-state index in [-0.39, 0.29) is 17.8 Å². The van der Waals surface area contributed by atoms with Crippen LogP contribution in [0.25, 0.3) is 0 Å². The Morgan fingerprint density at radius 2 is 2.00 bits per heavy atom. The van der Waals surface area contributed by atoms with E-state index in [4.69, 9.17) is 17.0 Å². The number of hydrogen-bond donors (Lipinski definition) is 3. The van der Waals surface area contributed by atoms with Crippen molar-refractivity contribution >= 4 is 42.5 Å². The van der Waals surface area contributed by atoms with E-state index >= 15 is 0 Å². The molecule has 1 aliphatic rings. The second-order valence-electron chi connectivity index (χ2n) is 4.64. The Balaban J connectivity index is 0.00000200. The van der Waals surface area contributed by atoms with Gasteiger partial charge in [0.1, 0.15) is 5.84 Å². The lowest BCUT2D eigenvalue weighted by atomic mass is 9.75. The van der Waals surface area contributed by atoms with E-state index in [2.05, 4.69) is 54.4 Å². The first kappa shape index (κ1) is 17.2. The largest absolute Gasteiger partial charge is 0.372 e. The number of thiol groups is 1. The molecule has 0 aromatic heterocycles. The van der Waals surface area contributed by atoms with Crippen LogP contribution in [0.3, 0.4) is 0 Å². The molecule has 1 aliphatic carbocycles. The molecule has 5 heteroatoms. The average molecular weight is 329 g/mol. The number of allylic oxidation sites excluding steroid dienone is 3. The van der Waals surface area contributed by atoms with E-state index in [9.17, 15) is 0 Å². The van der Waals surface area contributed by atoms with Crippen LogP contribution in [-0.4, -0.2) is 18.1 Å². The molecule has 0 spiro atoms. The minimum Gasteiger partial charge on any atom is -0.372 e.